The maximum atomic E-state index is 12.8. The van der Waals surface area contributed by atoms with Crippen LogP contribution in [0.3, 0.4) is 0 Å². The maximum Gasteiger partial charge on any atom is 0.256 e. The highest BCUT2D eigenvalue weighted by atomic mass is 16.5. The summed E-state index contributed by atoms with van der Waals surface area (Å²) in [6.07, 6.45) is 3.26. The van der Waals surface area contributed by atoms with Gasteiger partial charge in [-0.25, -0.2) is 0 Å². The first-order valence-corrected chi connectivity index (χ1v) is 9.05. The van der Waals surface area contributed by atoms with Crippen molar-refractivity contribution in [3.8, 4) is 5.75 Å². The molecule has 1 aliphatic rings. The van der Waals surface area contributed by atoms with Gasteiger partial charge in [0.25, 0.3) is 5.91 Å². The minimum absolute atomic E-state index is 0.0544. The number of hydrogen-bond acceptors (Lipinski definition) is 3. The van der Waals surface area contributed by atoms with Crippen LogP contribution in [-0.4, -0.2) is 24.2 Å². The van der Waals surface area contributed by atoms with Crippen LogP contribution in [0, 0.1) is 19.8 Å². The van der Waals surface area contributed by atoms with Crippen molar-refractivity contribution in [3.05, 3.63) is 23.3 Å². The molecule has 0 spiro atoms. The van der Waals surface area contributed by atoms with E-state index in [0.29, 0.717) is 12.5 Å². The minimum atomic E-state index is -0.734. The standard InChI is InChI=1S/C20H31NO3/c1-7-15(5)24-18-13(3)11-17(12-14(18)4)21-19(22)20(6,23-8-2)16-9-10-16/h11-12,15-16H,7-10H2,1-6H3,(H,21,22)/t15-,20-/m0/s1. The third-order valence-electron chi connectivity index (χ3n) is 4.86. The zero-order valence-corrected chi connectivity index (χ0v) is 15.9. The fraction of sp³-hybridized carbons (Fsp3) is 0.650. The van der Waals surface area contributed by atoms with E-state index in [0.717, 1.165) is 41.8 Å². The first-order chi connectivity index (χ1) is 11.3. The molecule has 1 N–H and O–H groups in total. The topological polar surface area (TPSA) is 47.6 Å². The molecule has 0 bridgehead atoms. The van der Waals surface area contributed by atoms with Gasteiger partial charge in [0.2, 0.25) is 0 Å². The Balaban J connectivity index is 2.16. The molecule has 24 heavy (non-hydrogen) atoms. The number of aryl methyl sites for hydroxylation is 2. The molecule has 0 heterocycles. The molecular weight excluding hydrogens is 302 g/mol. The van der Waals surface area contributed by atoms with E-state index in [9.17, 15) is 4.79 Å². The van der Waals surface area contributed by atoms with Gasteiger partial charge >= 0.3 is 0 Å². The highest BCUT2D eigenvalue weighted by Gasteiger charge is 2.48. The van der Waals surface area contributed by atoms with Crippen molar-refractivity contribution in [2.24, 2.45) is 5.92 Å². The second-order valence-corrected chi connectivity index (χ2v) is 7.04. The Labute approximate surface area is 145 Å². The Bertz CT molecular complexity index is 572. The third-order valence-corrected chi connectivity index (χ3v) is 4.86. The van der Waals surface area contributed by atoms with Gasteiger partial charge in [-0.15, -0.1) is 0 Å². The number of hydrogen-bond donors (Lipinski definition) is 1. The second-order valence-electron chi connectivity index (χ2n) is 7.04. The van der Waals surface area contributed by atoms with Crippen LogP contribution in [0.1, 0.15) is 58.1 Å². The lowest BCUT2D eigenvalue weighted by Gasteiger charge is -2.28. The maximum absolute atomic E-state index is 12.8. The molecule has 0 aliphatic heterocycles. The molecule has 1 aromatic rings. The largest absolute Gasteiger partial charge is 0.490 e. The van der Waals surface area contributed by atoms with E-state index in [1.165, 1.54) is 0 Å². The first-order valence-electron chi connectivity index (χ1n) is 9.05. The van der Waals surface area contributed by atoms with E-state index in [1.807, 2.05) is 39.8 Å². The summed E-state index contributed by atoms with van der Waals surface area (Å²) in [5.41, 5.74) is 2.14. The number of carbonyl (C=O) groups excluding carboxylic acids is 1. The molecule has 134 valence electrons. The number of rotatable bonds is 8. The number of benzene rings is 1. The molecule has 0 aromatic heterocycles. The summed E-state index contributed by atoms with van der Waals surface area (Å²) in [5.74, 6) is 1.19. The second kappa shape index (κ2) is 7.56. The summed E-state index contributed by atoms with van der Waals surface area (Å²) < 4.78 is 11.8. The lowest BCUT2D eigenvalue weighted by molar-refractivity contribution is -0.141. The van der Waals surface area contributed by atoms with Crippen molar-refractivity contribution in [3.63, 3.8) is 0 Å². The zero-order chi connectivity index (χ0) is 17.9. The van der Waals surface area contributed by atoms with Gasteiger partial charge in [0, 0.05) is 12.3 Å². The fourth-order valence-corrected chi connectivity index (χ4v) is 3.05. The molecule has 0 saturated heterocycles. The predicted molar refractivity (Wildman–Crippen MR) is 97.7 cm³/mol. The van der Waals surface area contributed by atoms with Crippen molar-refractivity contribution in [2.45, 2.75) is 72.5 Å². The summed E-state index contributed by atoms with van der Waals surface area (Å²) in [4.78, 5) is 12.8. The number of anilines is 1. The Kier molecular flexibility index (Phi) is 5.92. The molecule has 0 radical (unpaired) electrons. The molecule has 2 atom stereocenters. The normalized spacial score (nSPS) is 17.9. The van der Waals surface area contributed by atoms with Gasteiger partial charge in [0.1, 0.15) is 11.4 Å². The van der Waals surface area contributed by atoms with Crippen LogP contribution in [0.5, 0.6) is 5.75 Å². The van der Waals surface area contributed by atoms with E-state index in [4.69, 9.17) is 9.47 Å². The van der Waals surface area contributed by atoms with Gasteiger partial charge in [0.15, 0.2) is 0 Å². The Hall–Kier alpha value is -1.55. The number of amides is 1. The van der Waals surface area contributed by atoms with Crippen LogP contribution in [0.25, 0.3) is 0 Å². The van der Waals surface area contributed by atoms with Crippen molar-refractivity contribution >= 4 is 11.6 Å². The third kappa shape index (κ3) is 4.10. The molecule has 1 aromatic carbocycles. The molecule has 1 aliphatic carbocycles. The van der Waals surface area contributed by atoms with E-state index < -0.39 is 5.60 Å². The summed E-state index contributed by atoms with van der Waals surface area (Å²) >= 11 is 0. The summed E-state index contributed by atoms with van der Waals surface area (Å²) in [5, 5.41) is 3.05. The van der Waals surface area contributed by atoms with Crippen LogP contribution < -0.4 is 10.1 Å². The van der Waals surface area contributed by atoms with Gasteiger partial charge in [-0.1, -0.05) is 6.92 Å². The zero-order valence-electron chi connectivity index (χ0n) is 15.9. The molecule has 1 saturated carbocycles. The predicted octanol–water partition coefficient (Wildman–Crippen LogP) is 4.62. The molecule has 0 unspecified atom stereocenters. The van der Waals surface area contributed by atoms with Crippen LogP contribution >= 0.6 is 0 Å². The van der Waals surface area contributed by atoms with Gasteiger partial charge < -0.3 is 14.8 Å². The van der Waals surface area contributed by atoms with Crippen molar-refractivity contribution in [1.82, 2.24) is 0 Å². The molecule has 4 nitrogen and oxygen atoms in total. The Morgan fingerprint density at radius 3 is 2.33 bits per heavy atom. The molecule has 1 fully saturated rings. The van der Waals surface area contributed by atoms with Gasteiger partial charge in [0.05, 0.1) is 6.10 Å². The Morgan fingerprint density at radius 1 is 1.29 bits per heavy atom. The molecule has 4 heteroatoms. The first kappa shape index (κ1) is 18.8. The number of ether oxygens (including phenoxy) is 2. The highest BCUT2D eigenvalue weighted by molar-refractivity contribution is 5.97. The monoisotopic (exact) mass is 333 g/mol. The molecular formula is C20H31NO3. The summed E-state index contributed by atoms with van der Waals surface area (Å²) in [7, 11) is 0. The average Bonchev–Trinajstić information content (AvgIpc) is 3.35. The van der Waals surface area contributed by atoms with Crippen LogP contribution in [-0.2, 0) is 9.53 Å². The smallest absolute Gasteiger partial charge is 0.256 e. The quantitative estimate of drug-likeness (QED) is 0.755. The van der Waals surface area contributed by atoms with E-state index in [1.54, 1.807) is 0 Å². The van der Waals surface area contributed by atoms with Crippen molar-refractivity contribution < 1.29 is 14.3 Å². The van der Waals surface area contributed by atoms with E-state index in [-0.39, 0.29) is 12.0 Å². The van der Waals surface area contributed by atoms with Crippen molar-refractivity contribution in [1.29, 1.82) is 0 Å². The van der Waals surface area contributed by atoms with Gasteiger partial charge in [-0.2, -0.15) is 0 Å². The van der Waals surface area contributed by atoms with Crippen LogP contribution in [0.4, 0.5) is 5.69 Å². The fourth-order valence-electron chi connectivity index (χ4n) is 3.05. The lowest BCUT2D eigenvalue weighted by Crippen LogP contribution is -2.44. The SMILES string of the molecule is CCO[C@](C)(C(=O)Nc1cc(C)c(O[C@@H](C)CC)c(C)c1)C1CC1. The number of nitrogens with one attached hydrogen (secondary N) is 1. The van der Waals surface area contributed by atoms with Gasteiger partial charge in [-0.05, 0) is 83.1 Å². The van der Waals surface area contributed by atoms with Crippen LogP contribution in [0.2, 0.25) is 0 Å². The van der Waals surface area contributed by atoms with Crippen molar-refractivity contribution in [2.75, 3.05) is 11.9 Å². The Morgan fingerprint density at radius 2 is 1.88 bits per heavy atom. The van der Waals surface area contributed by atoms with Gasteiger partial charge in [-0.3, -0.25) is 4.79 Å². The summed E-state index contributed by atoms with van der Waals surface area (Å²) in [6, 6.07) is 3.95. The molecule has 2 rings (SSSR count). The van der Waals surface area contributed by atoms with Crippen LogP contribution in [0.15, 0.2) is 12.1 Å². The highest BCUT2D eigenvalue weighted by Crippen LogP contribution is 2.42. The summed E-state index contributed by atoms with van der Waals surface area (Å²) in [6.45, 7) is 12.6. The van der Waals surface area contributed by atoms with E-state index in [2.05, 4.69) is 19.2 Å². The lowest BCUT2D eigenvalue weighted by atomic mass is 9.98. The molecule has 1 amide bonds. The average molecular weight is 333 g/mol. The minimum Gasteiger partial charge on any atom is -0.490 e. The van der Waals surface area contributed by atoms with E-state index >= 15 is 0 Å². The number of carbonyl (C=O) groups is 1.